The Bertz CT molecular complexity index is 580. The molecule has 3 rings (SSSR count). The third-order valence-electron chi connectivity index (χ3n) is 3.78. The molecule has 1 aliphatic heterocycles. The maximum atomic E-state index is 5.86. The molecule has 0 amide bonds. The largest absolute Gasteiger partial charge is 0.489 e. The number of hydrogen-bond donors (Lipinski definition) is 1. The average molecular weight is 283 g/mol. The zero-order valence-corrected chi connectivity index (χ0v) is 12.4. The third kappa shape index (κ3) is 3.52. The fraction of sp³-hybridized carbons (Fsp3) is 0.353. The number of nitrogens with zero attached hydrogens (tertiary/aromatic N) is 2. The fourth-order valence-corrected chi connectivity index (χ4v) is 2.62. The summed E-state index contributed by atoms with van der Waals surface area (Å²) >= 11 is 0. The van der Waals surface area contributed by atoms with Crippen LogP contribution in [0.25, 0.3) is 0 Å². The molecule has 1 saturated heterocycles. The van der Waals surface area contributed by atoms with Crippen molar-refractivity contribution in [3.8, 4) is 5.75 Å². The topological polar surface area (TPSA) is 37.4 Å². The predicted octanol–water partition coefficient (Wildman–Crippen LogP) is 2.38. The van der Waals surface area contributed by atoms with Gasteiger partial charge in [0.1, 0.15) is 12.4 Å². The minimum absolute atomic E-state index is 0.578. The van der Waals surface area contributed by atoms with E-state index in [9.17, 15) is 0 Å². The number of aryl methyl sites for hydroxylation is 1. The van der Waals surface area contributed by atoms with Crippen molar-refractivity contribution < 1.29 is 4.74 Å². The Morgan fingerprint density at radius 3 is 2.62 bits per heavy atom. The Morgan fingerprint density at radius 1 is 1.14 bits per heavy atom. The molecule has 0 atom stereocenters. The van der Waals surface area contributed by atoms with Crippen molar-refractivity contribution in [1.29, 1.82) is 0 Å². The number of ether oxygens (including phenoxy) is 1. The molecule has 0 aliphatic carbocycles. The van der Waals surface area contributed by atoms with Crippen LogP contribution in [0.5, 0.6) is 5.75 Å². The Morgan fingerprint density at radius 2 is 1.90 bits per heavy atom. The maximum Gasteiger partial charge on any atom is 0.120 e. The van der Waals surface area contributed by atoms with Crippen LogP contribution in [0.1, 0.15) is 11.1 Å². The summed E-state index contributed by atoms with van der Waals surface area (Å²) in [7, 11) is 0. The number of rotatable bonds is 4. The van der Waals surface area contributed by atoms with Crippen LogP contribution in [0.4, 0.5) is 5.69 Å². The SMILES string of the molecule is Cc1cc(OCc2ccncc2)ccc1N1CCNCC1. The number of piperazine rings is 1. The summed E-state index contributed by atoms with van der Waals surface area (Å²) < 4.78 is 5.86. The molecule has 0 saturated carbocycles. The van der Waals surface area contributed by atoms with E-state index < -0.39 is 0 Å². The van der Waals surface area contributed by atoms with E-state index in [4.69, 9.17) is 4.74 Å². The van der Waals surface area contributed by atoms with Crippen LogP contribution in [0.3, 0.4) is 0 Å². The number of pyridine rings is 1. The molecule has 0 radical (unpaired) electrons. The van der Waals surface area contributed by atoms with E-state index in [0.717, 1.165) is 37.5 Å². The molecule has 1 N–H and O–H groups in total. The second-order valence-electron chi connectivity index (χ2n) is 5.33. The summed E-state index contributed by atoms with van der Waals surface area (Å²) in [6.07, 6.45) is 3.58. The van der Waals surface area contributed by atoms with E-state index >= 15 is 0 Å². The lowest BCUT2D eigenvalue weighted by atomic mass is 10.1. The minimum Gasteiger partial charge on any atom is -0.489 e. The van der Waals surface area contributed by atoms with Crippen molar-refractivity contribution in [3.05, 3.63) is 53.9 Å². The van der Waals surface area contributed by atoms with Gasteiger partial charge in [0, 0.05) is 44.3 Å². The molecule has 2 aromatic rings. The third-order valence-corrected chi connectivity index (χ3v) is 3.78. The Kier molecular flexibility index (Phi) is 4.36. The van der Waals surface area contributed by atoms with Gasteiger partial charge in [-0.25, -0.2) is 0 Å². The second-order valence-corrected chi connectivity index (χ2v) is 5.33. The van der Waals surface area contributed by atoms with Gasteiger partial charge < -0.3 is 15.0 Å². The van der Waals surface area contributed by atoms with E-state index in [1.165, 1.54) is 11.3 Å². The van der Waals surface area contributed by atoms with E-state index in [2.05, 4.69) is 40.3 Å². The molecular weight excluding hydrogens is 262 g/mol. The fourth-order valence-electron chi connectivity index (χ4n) is 2.62. The highest BCUT2D eigenvalue weighted by atomic mass is 16.5. The molecule has 0 spiro atoms. The number of anilines is 1. The minimum atomic E-state index is 0.578. The van der Waals surface area contributed by atoms with Crippen LogP contribution >= 0.6 is 0 Å². The van der Waals surface area contributed by atoms with E-state index in [1.807, 2.05) is 12.1 Å². The average Bonchev–Trinajstić information content (AvgIpc) is 2.55. The van der Waals surface area contributed by atoms with Gasteiger partial charge in [-0.2, -0.15) is 0 Å². The van der Waals surface area contributed by atoms with Gasteiger partial charge in [0.2, 0.25) is 0 Å². The molecule has 4 nitrogen and oxygen atoms in total. The molecule has 1 aromatic carbocycles. The Labute approximate surface area is 125 Å². The maximum absolute atomic E-state index is 5.86. The lowest BCUT2D eigenvalue weighted by Crippen LogP contribution is -2.43. The molecule has 0 unspecified atom stereocenters. The van der Waals surface area contributed by atoms with E-state index in [-0.39, 0.29) is 0 Å². The Balaban J connectivity index is 1.66. The van der Waals surface area contributed by atoms with Gasteiger partial charge in [-0.05, 0) is 48.4 Å². The van der Waals surface area contributed by atoms with E-state index in [0.29, 0.717) is 6.61 Å². The summed E-state index contributed by atoms with van der Waals surface area (Å²) in [6.45, 7) is 6.97. The highest BCUT2D eigenvalue weighted by molar-refractivity contribution is 5.56. The van der Waals surface area contributed by atoms with Crippen molar-refractivity contribution in [3.63, 3.8) is 0 Å². The normalized spacial score (nSPS) is 15.0. The molecule has 0 bridgehead atoms. The predicted molar refractivity (Wildman–Crippen MR) is 84.8 cm³/mol. The van der Waals surface area contributed by atoms with Gasteiger partial charge in [0.05, 0.1) is 0 Å². The zero-order chi connectivity index (χ0) is 14.5. The van der Waals surface area contributed by atoms with Crippen LogP contribution in [0, 0.1) is 6.92 Å². The van der Waals surface area contributed by atoms with Crippen molar-refractivity contribution in [2.24, 2.45) is 0 Å². The number of nitrogens with one attached hydrogen (secondary N) is 1. The Hall–Kier alpha value is -2.07. The van der Waals surface area contributed by atoms with Crippen molar-refractivity contribution in [2.45, 2.75) is 13.5 Å². The summed E-state index contributed by atoms with van der Waals surface area (Å²) in [4.78, 5) is 6.44. The zero-order valence-electron chi connectivity index (χ0n) is 12.4. The molecule has 2 heterocycles. The number of benzene rings is 1. The second kappa shape index (κ2) is 6.59. The lowest BCUT2D eigenvalue weighted by molar-refractivity contribution is 0.306. The van der Waals surface area contributed by atoms with Gasteiger partial charge in [-0.15, -0.1) is 0 Å². The molecule has 1 aromatic heterocycles. The van der Waals surface area contributed by atoms with E-state index in [1.54, 1.807) is 12.4 Å². The van der Waals surface area contributed by atoms with Crippen LogP contribution in [0.15, 0.2) is 42.7 Å². The number of hydrogen-bond acceptors (Lipinski definition) is 4. The molecular formula is C17H21N3O. The van der Waals surface area contributed by atoms with Gasteiger partial charge in [-0.3, -0.25) is 4.98 Å². The summed E-state index contributed by atoms with van der Waals surface area (Å²) in [5.41, 5.74) is 3.71. The molecule has 1 fully saturated rings. The van der Waals surface area contributed by atoms with Crippen LogP contribution < -0.4 is 15.0 Å². The van der Waals surface area contributed by atoms with Gasteiger partial charge in [-0.1, -0.05) is 0 Å². The van der Waals surface area contributed by atoms with Crippen molar-refractivity contribution in [2.75, 3.05) is 31.1 Å². The first-order valence-corrected chi connectivity index (χ1v) is 7.41. The quantitative estimate of drug-likeness (QED) is 0.935. The van der Waals surface area contributed by atoms with Gasteiger partial charge >= 0.3 is 0 Å². The highest BCUT2D eigenvalue weighted by Gasteiger charge is 2.12. The van der Waals surface area contributed by atoms with Crippen LogP contribution in [-0.2, 0) is 6.61 Å². The monoisotopic (exact) mass is 283 g/mol. The van der Waals surface area contributed by atoms with Crippen LogP contribution in [0.2, 0.25) is 0 Å². The molecule has 1 aliphatic rings. The molecule has 110 valence electrons. The van der Waals surface area contributed by atoms with Crippen molar-refractivity contribution in [1.82, 2.24) is 10.3 Å². The van der Waals surface area contributed by atoms with Crippen LogP contribution in [-0.4, -0.2) is 31.2 Å². The molecule has 21 heavy (non-hydrogen) atoms. The first-order chi connectivity index (χ1) is 10.3. The smallest absolute Gasteiger partial charge is 0.120 e. The molecule has 4 heteroatoms. The van der Waals surface area contributed by atoms with Crippen molar-refractivity contribution >= 4 is 5.69 Å². The summed E-state index contributed by atoms with van der Waals surface area (Å²) in [6, 6.07) is 10.3. The summed E-state index contributed by atoms with van der Waals surface area (Å²) in [5, 5.41) is 3.38. The lowest BCUT2D eigenvalue weighted by Gasteiger charge is -2.30. The standard InChI is InChI=1S/C17H21N3O/c1-14-12-16(21-13-15-4-6-18-7-5-15)2-3-17(14)20-10-8-19-9-11-20/h2-7,12,19H,8-11,13H2,1H3. The first-order valence-electron chi connectivity index (χ1n) is 7.41. The highest BCUT2D eigenvalue weighted by Crippen LogP contribution is 2.25. The summed E-state index contributed by atoms with van der Waals surface area (Å²) in [5.74, 6) is 0.920. The van der Waals surface area contributed by atoms with Gasteiger partial charge in [0.15, 0.2) is 0 Å². The first kappa shape index (κ1) is 13.9. The number of aromatic nitrogens is 1. The van der Waals surface area contributed by atoms with Gasteiger partial charge in [0.25, 0.3) is 0 Å².